The first-order chi connectivity index (χ1) is 18.0. The molecule has 2 aromatic carbocycles. The van der Waals surface area contributed by atoms with Gasteiger partial charge in [0.15, 0.2) is 0 Å². The first kappa shape index (κ1) is 27.4. The summed E-state index contributed by atoms with van der Waals surface area (Å²) in [5.74, 6) is -0.329. The number of carbonyl (C=O) groups excluding carboxylic acids is 2. The number of aliphatic imine (C=N–C) groups is 1. The number of benzene rings is 2. The largest absolute Gasteiger partial charge is 0.573 e. The molecule has 2 heterocycles. The number of nitrogens with one attached hydrogen (secondary N) is 1. The molecule has 1 fully saturated rings. The number of carbonyl (C=O) groups is 2. The van der Waals surface area contributed by atoms with Crippen LogP contribution < -0.4 is 15.0 Å². The third-order valence-electron chi connectivity index (χ3n) is 7.09. The predicted molar refractivity (Wildman–Crippen MR) is 140 cm³/mol. The second kappa shape index (κ2) is 11.0. The minimum absolute atomic E-state index is 0.0199. The summed E-state index contributed by atoms with van der Waals surface area (Å²) in [5.41, 5.74) is 2.46. The SMILES string of the molecule is CC(=O)N(C)c1cccc(/C=C/CCN2CCC3(CC2)N=C(c2cccc(OC(F)(F)F)c2)NC3=O)c1C. The van der Waals surface area contributed by atoms with Gasteiger partial charge in [-0.1, -0.05) is 36.4 Å². The Morgan fingerprint density at radius 1 is 1.21 bits per heavy atom. The molecule has 0 saturated carbocycles. The molecule has 0 radical (unpaired) electrons. The van der Waals surface area contributed by atoms with Gasteiger partial charge in [0.25, 0.3) is 5.91 Å². The van der Waals surface area contributed by atoms with Crippen molar-refractivity contribution in [3.63, 3.8) is 0 Å². The maximum absolute atomic E-state index is 12.8. The van der Waals surface area contributed by atoms with Gasteiger partial charge in [0.2, 0.25) is 5.91 Å². The monoisotopic (exact) mass is 528 g/mol. The van der Waals surface area contributed by atoms with Crippen molar-refractivity contribution < 1.29 is 27.5 Å². The molecular formula is C28H31F3N4O3. The molecule has 0 unspecified atom stereocenters. The van der Waals surface area contributed by atoms with Gasteiger partial charge >= 0.3 is 6.36 Å². The van der Waals surface area contributed by atoms with E-state index in [2.05, 4.69) is 32.1 Å². The Balaban J connectivity index is 1.33. The van der Waals surface area contributed by atoms with Crippen molar-refractivity contribution in [2.24, 2.45) is 4.99 Å². The highest BCUT2D eigenvalue weighted by Crippen LogP contribution is 2.32. The van der Waals surface area contributed by atoms with Gasteiger partial charge in [0.1, 0.15) is 17.1 Å². The van der Waals surface area contributed by atoms with Crippen LogP contribution in [0.4, 0.5) is 18.9 Å². The van der Waals surface area contributed by atoms with Gasteiger partial charge in [0, 0.05) is 44.9 Å². The van der Waals surface area contributed by atoms with Crippen LogP contribution in [0.3, 0.4) is 0 Å². The van der Waals surface area contributed by atoms with E-state index in [-0.39, 0.29) is 23.4 Å². The number of halogens is 3. The topological polar surface area (TPSA) is 74.2 Å². The average Bonchev–Trinajstić information content (AvgIpc) is 3.18. The van der Waals surface area contributed by atoms with Crippen LogP contribution in [-0.2, 0) is 9.59 Å². The highest BCUT2D eigenvalue weighted by Gasteiger charge is 2.45. The highest BCUT2D eigenvalue weighted by atomic mass is 19.4. The highest BCUT2D eigenvalue weighted by molar-refractivity contribution is 6.15. The van der Waals surface area contributed by atoms with E-state index in [1.807, 2.05) is 25.1 Å². The normalized spacial score (nSPS) is 17.5. The molecule has 0 atom stereocenters. The second-order valence-corrected chi connectivity index (χ2v) is 9.62. The number of nitrogens with zero attached hydrogens (tertiary/aromatic N) is 3. The lowest BCUT2D eigenvalue weighted by atomic mass is 9.88. The Kier molecular flexibility index (Phi) is 7.91. The number of amidine groups is 1. The smallest absolute Gasteiger partial charge is 0.406 e. The Bertz CT molecular complexity index is 1260. The van der Waals surface area contributed by atoms with Crippen molar-refractivity contribution in [3.8, 4) is 5.75 Å². The summed E-state index contributed by atoms with van der Waals surface area (Å²) >= 11 is 0. The molecule has 0 bridgehead atoms. The van der Waals surface area contributed by atoms with Crippen LogP contribution in [0.15, 0.2) is 53.5 Å². The lowest BCUT2D eigenvalue weighted by Crippen LogP contribution is -2.49. The van der Waals surface area contributed by atoms with E-state index in [4.69, 9.17) is 0 Å². The quantitative estimate of drug-likeness (QED) is 0.566. The van der Waals surface area contributed by atoms with Crippen molar-refractivity contribution in [1.29, 1.82) is 0 Å². The molecule has 1 saturated heterocycles. The predicted octanol–water partition coefficient (Wildman–Crippen LogP) is 4.69. The molecule has 4 rings (SSSR count). The van der Waals surface area contributed by atoms with Crippen LogP contribution in [0.5, 0.6) is 5.75 Å². The molecule has 38 heavy (non-hydrogen) atoms. The van der Waals surface area contributed by atoms with Crippen LogP contribution in [0.1, 0.15) is 42.9 Å². The van der Waals surface area contributed by atoms with Crippen LogP contribution in [0.2, 0.25) is 0 Å². The van der Waals surface area contributed by atoms with Crippen molar-refractivity contribution in [3.05, 3.63) is 65.2 Å². The van der Waals surface area contributed by atoms with E-state index in [1.165, 1.54) is 25.1 Å². The van der Waals surface area contributed by atoms with Crippen molar-refractivity contribution in [2.45, 2.75) is 45.0 Å². The van der Waals surface area contributed by atoms with E-state index >= 15 is 0 Å². The standard InChI is InChI=1S/C28H31F3N4O3/c1-19-21(9-7-12-24(19)34(3)20(2)36)8-4-5-15-35-16-13-27(14-17-35)26(37)32-25(33-27)22-10-6-11-23(18-22)38-28(29,30)31/h4,6-12,18H,5,13-17H2,1-3H3,(H,32,33,37)/b8-4+. The Labute approximate surface area is 220 Å². The Morgan fingerprint density at radius 3 is 2.61 bits per heavy atom. The number of ether oxygens (including phenoxy) is 1. The summed E-state index contributed by atoms with van der Waals surface area (Å²) < 4.78 is 41.7. The molecule has 0 aliphatic carbocycles. The molecule has 1 N–H and O–H groups in total. The summed E-state index contributed by atoms with van der Waals surface area (Å²) in [7, 11) is 1.76. The Morgan fingerprint density at radius 2 is 1.92 bits per heavy atom. The maximum Gasteiger partial charge on any atom is 0.573 e. The molecule has 2 aliphatic rings. The van der Waals surface area contributed by atoms with Crippen molar-refractivity contribution in [2.75, 3.05) is 31.6 Å². The number of alkyl halides is 3. The number of amides is 2. The maximum atomic E-state index is 12.8. The first-order valence-corrected chi connectivity index (χ1v) is 12.5. The van der Waals surface area contributed by atoms with E-state index < -0.39 is 11.9 Å². The summed E-state index contributed by atoms with van der Waals surface area (Å²) in [6.45, 7) is 5.74. The van der Waals surface area contributed by atoms with E-state index in [0.717, 1.165) is 29.8 Å². The first-order valence-electron chi connectivity index (χ1n) is 12.5. The van der Waals surface area contributed by atoms with Crippen molar-refractivity contribution in [1.82, 2.24) is 10.2 Å². The van der Waals surface area contributed by atoms with Gasteiger partial charge in [0.05, 0.1) is 0 Å². The third-order valence-corrected chi connectivity index (χ3v) is 7.09. The number of rotatable bonds is 7. The zero-order valence-corrected chi connectivity index (χ0v) is 21.6. The second-order valence-electron chi connectivity index (χ2n) is 9.62. The summed E-state index contributed by atoms with van der Waals surface area (Å²) in [6, 6.07) is 11.4. The number of hydrogen-bond acceptors (Lipinski definition) is 5. The van der Waals surface area contributed by atoms with Crippen molar-refractivity contribution >= 4 is 29.4 Å². The van der Waals surface area contributed by atoms with Crippen LogP contribution in [0.25, 0.3) is 6.08 Å². The minimum atomic E-state index is -4.79. The lowest BCUT2D eigenvalue weighted by Gasteiger charge is -2.35. The fraction of sp³-hybridized carbons (Fsp3) is 0.393. The van der Waals surface area contributed by atoms with Gasteiger partial charge in [-0.3, -0.25) is 14.6 Å². The van der Waals surface area contributed by atoms with Crippen LogP contribution >= 0.6 is 0 Å². The molecule has 202 valence electrons. The molecule has 1 spiro atoms. The molecule has 7 nitrogen and oxygen atoms in total. The number of piperidine rings is 1. The van der Waals surface area contributed by atoms with E-state index in [1.54, 1.807) is 18.0 Å². The zero-order chi connectivity index (χ0) is 27.5. The van der Waals surface area contributed by atoms with Crippen LogP contribution in [-0.4, -0.2) is 61.1 Å². The average molecular weight is 529 g/mol. The van der Waals surface area contributed by atoms with Gasteiger partial charge in [-0.2, -0.15) is 0 Å². The van der Waals surface area contributed by atoms with E-state index in [9.17, 15) is 22.8 Å². The third kappa shape index (κ3) is 6.24. The molecule has 2 amide bonds. The molecule has 2 aliphatic heterocycles. The van der Waals surface area contributed by atoms with Crippen LogP contribution in [0, 0.1) is 6.92 Å². The number of anilines is 1. The number of hydrogen-bond donors (Lipinski definition) is 1. The fourth-order valence-electron chi connectivity index (χ4n) is 4.80. The summed E-state index contributed by atoms with van der Waals surface area (Å²) in [6.07, 6.45) is 1.27. The van der Waals surface area contributed by atoms with Gasteiger partial charge in [-0.15, -0.1) is 13.2 Å². The van der Waals surface area contributed by atoms with Gasteiger partial charge in [-0.05, 0) is 55.5 Å². The number of likely N-dealkylation sites (tertiary alicyclic amines) is 1. The lowest BCUT2D eigenvalue weighted by molar-refractivity contribution is -0.274. The molecular weight excluding hydrogens is 497 g/mol. The van der Waals surface area contributed by atoms with E-state index in [0.29, 0.717) is 31.5 Å². The Hall–Kier alpha value is -3.66. The van der Waals surface area contributed by atoms with Gasteiger partial charge in [-0.25, -0.2) is 0 Å². The summed E-state index contributed by atoms with van der Waals surface area (Å²) in [5, 5.41) is 2.75. The van der Waals surface area contributed by atoms with Gasteiger partial charge < -0.3 is 19.9 Å². The summed E-state index contributed by atoms with van der Waals surface area (Å²) in [4.78, 5) is 33.1. The zero-order valence-electron chi connectivity index (χ0n) is 21.6. The minimum Gasteiger partial charge on any atom is -0.406 e. The molecule has 10 heteroatoms. The fourth-order valence-corrected chi connectivity index (χ4v) is 4.80. The molecule has 0 aromatic heterocycles. The molecule has 2 aromatic rings.